The lowest BCUT2D eigenvalue weighted by Crippen LogP contribution is -2.21. The third-order valence-corrected chi connectivity index (χ3v) is 3.97. The van der Waals surface area contributed by atoms with Crippen LogP contribution in [0.1, 0.15) is 28.3 Å². The van der Waals surface area contributed by atoms with Gasteiger partial charge < -0.3 is 10.4 Å². The smallest absolute Gasteiger partial charge is 0.390 e. The first kappa shape index (κ1) is 15.4. The summed E-state index contributed by atoms with van der Waals surface area (Å²) in [5, 5.41) is 21.9. The number of alkyl halides is 3. The normalized spacial score (nSPS) is 20.0. The topological polar surface area (TPSA) is 56.0 Å². The zero-order valence-corrected chi connectivity index (χ0v) is 11.9. The molecular formula is C17H13F3N2O. The van der Waals surface area contributed by atoms with E-state index in [1.165, 1.54) is 6.07 Å². The summed E-state index contributed by atoms with van der Waals surface area (Å²) >= 11 is 0. The summed E-state index contributed by atoms with van der Waals surface area (Å²) in [5.41, 5.74) is 0.665. The molecule has 118 valence electrons. The molecule has 23 heavy (non-hydrogen) atoms. The Kier molecular flexibility index (Phi) is 3.74. The van der Waals surface area contributed by atoms with Crippen LogP contribution in [0, 0.1) is 11.3 Å². The maximum absolute atomic E-state index is 13.0. The fourth-order valence-electron chi connectivity index (χ4n) is 2.89. The fraction of sp³-hybridized carbons (Fsp3) is 0.235. The molecule has 0 saturated carbocycles. The lowest BCUT2D eigenvalue weighted by molar-refractivity contribution is -0.137. The van der Waals surface area contributed by atoms with Gasteiger partial charge in [0.05, 0.1) is 29.3 Å². The summed E-state index contributed by atoms with van der Waals surface area (Å²) in [5.74, 6) is 0. The van der Waals surface area contributed by atoms with Crippen LogP contribution in [0.5, 0.6) is 0 Å². The number of nitrogens with zero attached hydrogens (tertiary/aromatic N) is 1. The minimum Gasteiger partial charge on any atom is -0.390 e. The Balaban J connectivity index is 1.94. The number of nitrogens with one attached hydrogen (secondary N) is 1. The number of anilines is 1. The summed E-state index contributed by atoms with van der Waals surface area (Å²) < 4.78 is 39.0. The fourth-order valence-corrected chi connectivity index (χ4v) is 2.89. The third-order valence-electron chi connectivity index (χ3n) is 3.97. The van der Waals surface area contributed by atoms with Crippen molar-refractivity contribution in [1.29, 1.82) is 5.26 Å². The average molecular weight is 318 g/mol. The van der Waals surface area contributed by atoms with Crippen LogP contribution in [0.25, 0.3) is 0 Å². The summed E-state index contributed by atoms with van der Waals surface area (Å²) in [7, 11) is 0. The standard InChI is InChI=1S/C17H13F3N2O/c18-17(19,20)14-8-12(6-5-11(14)9-21)22-16-13-4-2-1-3-10(13)7-15(16)23/h1-6,8,15-16,22-23H,7H2/t15-,16+/m1/s1. The maximum Gasteiger partial charge on any atom is 0.417 e. The van der Waals surface area contributed by atoms with Crippen molar-refractivity contribution in [1.82, 2.24) is 0 Å². The monoisotopic (exact) mass is 318 g/mol. The zero-order chi connectivity index (χ0) is 16.6. The number of hydrogen-bond acceptors (Lipinski definition) is 3. The van der Waals surface area contributed by atoms with Crippen molar-refractivity contribution >= 4 is 5.69 Å². The maximum atomic E-state index is 13.0. The van der Waals surface area contributed by atoms with Crippen LogP contribution in [-0.2, 0) is 12.6 Å². The van der Waals surface area contributed by atoms with Crippen molar-refractivity contribution in [2.24, 2.45) is 0 Å². The van der Waals surface area contributed by atoms with Gasteiger partial charge in [-0.2, -0.15) is 18.4 Å². The minimum absolute atomic E-state index is 0.220. The highest BCUT2D eigenvalue weighted by molar-refractivity contribution is 5.55. The van der Waals surface area contributed by atoms with Crippen molar-refractivity contribution in [2.75, 3.05) is 5.32 Å². The summed E-state index contributed by atoms with van der Waals surface area (Å²) in [6.45, 7) is 0. The number of benzene rings is 2. The van der Waals surface area contributed by atoms with E-state index in [1.807, 2.05) is 24.3 Å². The number of hydrogen-bond donors (Lipinski definition) is 2. The van der Waals surface area contributed by atoms with Gasteiger partial charge in [-0.1, -0.05) is 24.3 Å². The van der Waals surface area contributed by atoms with E-state index in [-0.39, 0.29) is 5.69 Å². The molecule has 0 amide bonds. The van der Waals surface area contributed by atoms with Gasteiger partial charge in [0, 0.05) is 12.1 Å². The number of aliphatic hydroxyl groups excluding tert-OH is 1. The highest BCUT2D eigenvalue weighted by Crippen LogP contribution is 2.37. The Morgan fingerprint density at radius 1 is 1.17 bits per heavy atom. The molecule has 0 aromatic heterocycles. The van der Waals surface area contributed by atoms with Crippen LogP contribution in [0.2, 0.25) is 0 Å². The van der Waals surface area contributed by atoms with Gasteiger partial charge >= 0.3 is 6.18 Å². The molecule has 0 spiro atoms. The van der Waals surface area contributed by atoms with Crippen molar-refractivity contribution in [2.45, 2.75) is 24.7 Å². The number of fused-ring (bicyclic) bond motifs is 1. The zero-order valence-electron chi connectivity index (χ0n) is 11.9. The Morgan fingerprint density at radius 3 is 2.61 bits per heavy atom. The lowest BCUT2D eigenvalue weighted by Gasteiger charge is -2.20. The second-order valence-electron chi connectivity index (χ2n) is 5.46. The molecule has 0 aliphatic heterocycles. The lowest BCUT2D eigenvalue weighted by atomic mass is 10.0. The van der Waals surface area contributed by atoms with Crippen LogP contribution in [0.4, 0.5) is 18.9 Å². The first-order chi connectivity index (χ1) is 10.9. The molecular weight excluding hydrogens is 305 g/mol. The van der Waals surface area contributed by atoms with Gasteiger partial charge in [0.1, 0.15) is 0 Å². The van der Waals surface area contributed by atoms with Gasteiger partial charge in [-0.15, -0.1) is 0 Å². The van der Waals surface area contributed by atoms with Crippen molar-refractivity contribution in [3.05, 3.63) is 64.7 Å². The highest BCUT2D eigenvalue weighted by Gasteiger charge is 2.35. The summed E-state index contributed by atoms with van der Waals surface area (Å²) in [6.07, 6.45) is -4.86. The quantitative estimate of drug-likeness (QED) is 0.889. The molecule has 1 aliphatic rings. The molecule has 0 bridgehead atoms. The predicted molar refractivity (Wildman–Crippen MR) is 78.7 cm³/mol. The second kappa shape index (κ2) is 5.60. The van der Waals surface area contributed by atoms with E-state index >= 15 is 0 Å². The molecule has 0 unspecified atom stereocenters. The molecule has 3 rings (SSSR count). The van der Waals surface area contributed by atoms with E-state index in [9.17, 15) is 18.3 Å². The predicted octanol–water partition coefficient (Wildman–Crippen LogP) is 3.65. The van der Waals surface area contributed by atoms with E-state index in [1.54, 1.807) is 6.07 Å². The molecule has 2 aromatic rings. The summed E-state index contributed by atoms with van der Waals surface area (Å²) in [6, 6.07) is 12.0. The van der Waals surface area contributed by atoms with Crippen LogP contribution in [0.15, 0.2) is 42.5 Å². The molecule has 2 atom stereocenters. The molecule has 2 aromatic carbocycles. The molecule has 2 N–H and O–H groups in total. The van der Waals surface area contributed by atoms with Crippen LogP contribution in [-0.4, -0.2) is 11.2 Å². The van der Waals surface area contributed by atoms with E-state index < -0.39 is 29.4 Å². The Labute approximate surface area is 131 Å². The van der Waals surface area contributed by atoms with Crippen molar-refractivity contribution in [3.8, 4) is 6.07 Å². The number of rotatable bonds is 2. The van der Waals surface area contributed by atoms with Crippen LogP contribution >= 0.6 is 0 Å². The van der Waals surface area contributed by atoms with Gasteiger partial charge in [0.2, 0.25) is 0 Å². The highest BCUT2D eigenvalue weighted by atomic mass is 19.4. The van der Waals surface area contributed by atoms with E-state index in [4.69, 9.17) is 5.26 Å². The Morgan fingerprint density at radius 2 is 1.91 bits per heavy atom. The average Bonchev–Trinajstić information content (AvgIpc) is 2.82. The molecule has 0 heterocycles. The molecule has 0 radical (unpaired) electrons. The van der Waals surface area contributed by atoms with E-state index in [0.29, 0.717) is 6.42 Å². The van der Waals surface area contributed by atoms with Crippen LogP contribution in [0.3, 0.4) is 0 Å². The largest absolute Gasteiger partial charge is 0.417 e. The second-order valence-corrected chi connectivity index (χ2v) is 5.46. The third kappa shape index (κ3) is 2.88. The van der Waals surface area contributed by atoms with Crippen LogP contribution < -0.4 is 5.32 Å². The number of aliphatic hydroxyl groups is 1. The van der Waals surface area contributed by atoms with Gasteiger partial charge in [-0.25, -0.2) is 0 Å². The van der Waals surface area contributed by atoms with E-state index in [2.05, 4.69) is 5.32 Å². The SMILES string of the molecule is N#Cc1ccc(N[C@H]2c3ccccc3C[C@H]2O)cc1C(F)(F)F. The first-order valence-corrected chi connectivity index (χ1v) is 7.04. The Bertz CT molecular complexity index is 780. The van der Waals surface area contributed by atoms with Gasteiger partial charge in [0.25, 0.3) is 0 Å². The van der Waals surface area contributed by atoms with Crippen molar-refractivity contribution < 1.29 is 18.3 Å². The van der Waals surface area contributed by atoms with Gasteiger partial charge in [0.15, 0.2) is 0 Å². The molecule has 0 fully saturated rings. The molecule has 6 heteroatoms. The molecule has 3 nitrogen and oxygen atoms in total. The Hall–Kier alpha value is -2.52. The van der Waals surface area contributed by atoms with Gasteiger partial charge in [-0.3, -0.25) is 0 Å². The molecule has 0 saturated heterocycles. The van der Waals surface area contributed by atoms with Gasteiger partial charge in [-0.05, 0) is 29.3 Å². The number of halogens is 3. The first-order valence-electron chi connectivity index (χ1n) is 7.04. The minimum atomic E-state index is -4.60. The summed E-state index contributed by atoms with van der Waals surface area (Å²) in [4.78, 5) is 0. The molecule has 1 aliphatic carbocycles. The number of nitriles is 1. The van der Waals surface area contributed by atoms with Crippen molar-refractivity contribution in [3.63, 3.8) is 0 Å². The van der Waals surface area contributed by atoms with E-state index in [0.717, 1.165) is 23.3 Å².